The zero-order chi connectivity index (χ0) is 14.1. The summed E-state index contributed by atoms with van der Waals surface area (Å²) in [4.78, 5) is 21.2. The van der Waals surface area contributed by atoms with Gasteiger partial charge in [-0.3, -0.25) is 0 Å². The Balaban J connectivity index is 1.74. The number of morpholine rings is 2. The minimum Gasteiger partial charge on any atom is -0.378 e. The first kappa shape index (κ1) is 12.8. The van der Waals surface area contributed by atoms with Gasteiger partial charge in [-0.05, 0) is 0 Å². The number of nitrogens with one attached hydrogen (secondary N) is 1. The largest absolute Gasteiger partial charge is 0.378 e. The lowest BCUT2D eigenvalue weighted by Crippen LogP contribution is -2.39. The maximum atomic E-state index is 5.42. The molecule has 1 N–H and O–H groups in total. The van der Waals surface area contributed by atoms with Gasteiger partial charge in [0.25, 0.3) is 0 Å². The van der Waals surface area contributed by atoms with E-state index in [9.17, 15) is 0 Å². The molecule has 0 spiro atoms. The standard InChI is InChI=1S/C13H18N6O2/c1-5-20-6-2-18(1)12-10-11(15-9-14-10)16-13(17-12)19-3-7-21-8-4-19/h9H,1-8H2,(H,14,15,16,17). The topological polar surface area (TPSA) is 79.4 Å². The summed E-state index contributed by atoms with van der Waals surface area (Å²) in [5.41, 5.74) is 1.61. The fourth-order valence-electron chi connectivity index (χ4n) is 2.72. The Hall–Kier alpha value is -1.93. The highest BCUT2D eigenvalue weighted by Gasteiger charge is 2.21. The van der Waals surface area contributed by atoms with Crippen LogP contribution in [0.2, 0.25) is 0 Å². The van der Waals surface area contributed by atoms with E-state index in [1.807, 2.05) is 0 Å². The number of anilines is 2. The number of rotatable bonds is 2. The molecule has 0 bridgehead atoms. The van der Waals surface area contributed by atoms with Gasteiger partial charge in [0.1, 0.15) is 5.52 Å². The van der Waals surface area contributed by atoms with Gasteiger partial charge in [-0.15, -0.1) is 0 Å². The molecular weight excluding hydrogens is 272 g/mol. The van der Waals surface area contributed by atoms with Gasteiger partial charge in [0.2, 0.25) is 5.95 Å². The van der Waals surface area contributed by atoms with Crippen LogP contribution in [-0.2, 0) is 9.47 Å². The number of H-pyrrole nitrogens is 1. The molecule has 4 heterocycles. The van der Waals surface area contributed by atoms with E-state index in [0.717, 1.165) is 69.9 Å². The molecule has 0 saturated carbocycles. The third kappa shape index (κ3) is 2.40. The monoisotopic (exact) mass is 290 g/mol. The molecule has 0 amide bonds. The first-order chi connectivity index (χ1) is 10.4. The molecule has 8 nitrogen and oxygen atoms in total. The molecule has 8 heteroatoms. The van der Waals surface area contributed by atoms with Crippen LogP contribution in [0.5, 0.6) is 0 Å². The van der Waals surface area contributed by atoms with Crippen LogP contribution in [0.3, 0.4) is 0 Å². The van der Waals surface area contributed by atoms with Crippen molar-refractivity contribution in [1.29, 1.82) is 0 Å². The molecule has 2 aliphatic rings. The van der Waals surface area contributed by atoms with Gasteiger partial charge >= 0.3 is 0 Å². The number of hydrogen-bond donors (Lipinski definition) is 1. The minimum atomic E-state index is 0.716. The Kier molecular flexibility index (Phi) is 3.32. The molecule has 2 saturated heterocycles. The van der Waals surface area contributed by atoms with E-state index < -0.39 is 0 Å². The van der Waals surface area contributed by atoms with Crippen molar-refractivity contribution in [1.82, 2.24) is 19.9 Å². The molecule has 0 radical (unpaired) electrons. The Labute approximate surface area is 122 Å². The summed E-state index contributed by atoms with van der Waals surface area (Å²) in [5.74, 6) is 1.65. The van der Waals surface area contributed by atoms with Gasteiger partial charge in [0.15, 0.2) is 11.5 Å². The SMILES string of the molecule is c1nc2nc(N3CCOCC3)nc(N3CCOCC3)c2[nH]1. The Morgan fingerprint density at radius 1 is 0.905 bits per heavy atom. The van der Waals surface area contributed by atoms with Crippen molar-refractivity contribution in [2.75, 3.05) is 62.4 Å². The maximum Gasteiger partial charge on any atom is 0.229 e. The molecule has 4 rings (SSSR count). The maximum absolute atomic E-state index is 5.42. The van der Waals surface area contributed by atoms with Gasteiger partial charge < -0.3 is 24.3 Å². The highest BCUT2D eigenvalue weighted by Crippen LogP contribution is 2.25. The predicted octanol–water partition coefficient (Wildman–Crippen LogP) is 0.0261. The van der Waals surface area contributed by atoms with Crippen LogP contribution in [0.15, 0.2) is 6.33 Å². The van der Waals surface area contributed by atoms with Crippen molar-refractivity contribution in [3.63, 3.8) is 0 Å². The summed E-state index contributed by atoms with van der Waals surface area (Å²) >= 11 is 0. The van der Waals surface area contributed by atoms with E-state index >= 15 is 0 Å². The lowest BCUT2D eigenvalue weighted by molar-refractivity contribution is 0.121. The lowest BCUT2D eigenvalue weighted by Gasteiger charge is -2.30. The van der Waals surface area contributed by atoms with E-state index in [1.165, 1.54) is 0 Å². The van der Waals surface area contributed by atoms with Crippen molar-refractivity contribution in [3.05, 3.63) is 6.33 Å². The Bertz CT molecular complexity index is 618. The first-order valence-electron chi connectivity index (χ1n) is 7.28. The number of imidazole rings is 1. The molecule has 2 aromatic rings. The van der Waals surface area contributed by atoms with Crippen molar-refractivity contribution in [2.24, 2.45) is 0 Å². The number of hydrogen-bond acceptors (Lipinski definition) is 7. The summed E-state index contributed by atoms with van der Waals surface area (Å²) in [6, 6.07) is 0. The van der Waals surface area contributed by atoms with Crippen LogP contribution in [0, 0.1) is 0 Å². The Morgan fingerprint density at radius 3 is 2.29 bits per heavy atom. The van der Waals surface area contributed by atoms with E-state index in [2.05, 4.69) is 24.8 Å². The fraction of sp³-hybridized carbons (Fsp3) is 0.615. The lowest BCUT2D eigenvalue weighted by atomic mass is 10.3. The van der Waals surface area contributed by atoms with E-state index in [0.29, 0.717) is 5.65 Å². The number of aromatic nitrogens is 4. The number of nitrogens with zero attached hydrogens (tertiary/aromatic N) is 5. The molecule has 2 fully saturated rings. The third-order valence-electron chi connectivity index (χ3n) is 3.86. The van der Waals surface area contributed by atoms with Crippen LogP contribution < -0.4 is 9.80 Å². The van der Waals surface area contributed by atoms with Crippen LogP contribution >= 0.6 is 0 Å². The van der Waals surface area contributed by atoms with Crippen molar-refractivity contribution < 1.29 is 9.47 Å². The zero-order valence-corrected chi connectivity index (χ0v) is 11.8. The number of aromatic amines is 1. The van der Waals surface area contributed by atoms with Crippen LogP contribution in [0.25, 0.3) is 11.2 Å². The number of fused-ring (bicyclic) bond motifs is 1. The van der Waals surface area contributed by atoms with Crippen LogP contribution in [0.1, 0.15) is 0 Å². The molecule has 2 aromatic heterocycles. The normalized spacial score (nSPS) is 20.2. The fourth-order valence-corrected chi connectivity index (χ4v) is 2.72. The van der Waals surface area contributed by atoms with Gasteiger partial charge in [0, 0.05) is 26.2 Å². The molecule has 0 unspecified atom stereocenters. The minimum absolute atomic E-state index is 0.716. The average Bonchev–Trinajstić information content (AvgIpc) is 3.04. The van der Waals surface area contributed by atoms with Gasteiger partial charge in [-0.25, -0.2) is 4.98 Å². The molecule has 0 aromatic carbocycles. The molecule has 21 heavy (non-hydrogen) atoms. The van der Waals surface area contributed by atoms with Crippen LogP contribution in [-0.4, -0.2) is 72.5 Å². The van der Waals surface area contributed by atoms with Gasteiger partial charge in [0.05, 0.1) is 32.8 Å². The number of ether oxygens (including phenoxy) is 2. The molecule has 2 aliphatic heterocycles. The summed E-state index contributed by atoms with van der Waals surface area (Å²) in [6.45, 7) is 6.21. The first-order valence-corrected chi connectivity index (χ1v) is 7.28. The molecular formula is C13H18N6O2. The summed E-state index contributed by atoms with van der Waals surface area (Å²) in [6.07, 6.45) is 1.67. The summed E-state index contributed by atoms with van der Waals surface area (Å²) in [7, 11) is 0. The van der Waals surface area contributed by atoms with E-state index in [1.54, 1.807) is 6.33 Å². The third-order valence-corrected chi connectivity index (χ3v) is 3.86. The van der Waals surface area contributed by atoms with Crippen molar-refractivity contribution >= 4 is 22.9 Å². The second kappa shape index (κ2) is 5.45. The van der Waals surface area contributed by atoms with Gasteiger partial charge in [-0.2, -0.15) is 9.97 Å². The smallest absolute Gasteiger partial charge is 0.229 e. The summed E-state index contributed by atoms with van der Waals surface area (Å²) in [5, 5.41) is 0. The zero-order valence-electron chi connectivity index (χ0n) is 11.8. The predicted molar refractivity (Wildman–Crippen MR) is 77.7 cm³/mol. The quantitative estimate of drug-likeness (QED) is 0.835. The second-order valence-electron chi connectivity index (χ2n) is 5.15. The van der Waals surface area contributed by atoms with Crippen molar-refractivity contribution in [2.45, 2.75) is 0 Å². The van der Waals surface area contributed by atoms with E-state index in [-0.39, 0.29) is 0 Å². The van der Waals surface area contributed by atoms with Crippen molar-refractivity contribution in [3.8, 4) is 0 Å². The highest BCUT2D eigenvalue weighted by molar-refractivity contribution is 5.84. The van der Waals surface area contributed by atoms with Gasteiger partial charge in [-0.1, -0.05) is 0 Å². The molecule has 112 valence electrons. The van der Waals surface area contributed by atoms with Crippen LogP contribution in [0.4, 0.5) is 11.8 Å². The molecule has 0 aliphatic carbocycles. The summed E-state index contributed by atoms with van der Waals surface area (Å²) < 4.78 is 10.8. The highest BCUT2D eigenvalue weighted by atomic mass is 16.5. The van der Waals surface area contributed by atoms with E-state index in [4.69, 9.17) is 14.5 Å². The average molecular weight is 290 g/mol. The second-order valence-corrected chi connectivity index (χ2v) is 5.15. The molecule has 0 atom stereocenters. The Morgan fingerprint density at radius 2 is 1.57 bits per heavy atom.